The van der Waals surface area contributed by atoms with Crippen LogP contribution in [0.1, 0.15) is 38.5 Å². The number of rotatable bonds is 6. The highest BCUT2D eigenvalue weighted by atomic mass is 16.4. The largest absolute Gasteiger partial charge is 0.407 e. The molecule has 1 fully saturated rings. The second-order valence-corrected chi connectivity index (χ2v) is 3.95. The predicted molar refractivity (Wildman–Crippen MR) is 57.6 cm³/mol. The normalized spacial score (nSPS) is 16.3. The van der Waals surface area contributed by atoms with Gasteiger partial charge in [0, 0.05) is 6.04 Å². The fraction of sp³-hybridized carbons (Fsp3) is 0.800. The van der Waals surface area contributed by atoms with Crippen LogP contribution < -0.4 is 10.6 Å². The predicted octanol–water partition coefficient (Wildman–Crippen LogP) is 1.53. The maximum Gasteiger partial charge on any atom is 0.315 e. The zero-order chi connectivity index (χ0) is 10.5. The van der Waals surface area contributed by atoms with Gasteiger partial charge in [0.2, 0.25) is 5.89 Å². The molecule has 84 valence electrons. The van der Waals surface area contributed by atoms with Crippen molar-refractivity contribution in [2.45, 2.75) is 45.2 Å². The van der Waals surface area contributed by atoms with Gasteiger partial charge in [0.25, 0.3) is 0 Å². The average molecular weight is 210 g/mol. The van der Waals surface area contributed by atoms with E-state index in [-0.39, 0.29) is 0 Å². The van der Waals surface area contributed by atoms with Crippen molar-refractivity contribution in [2.75, 3.05) is 11.9 Å². The third-order valence-electron chi connectivity index (χ3n) is 2.60. The Balaban J connectivity index is 1.75. The van der Waals surface area contributed by atoms with E-state index >= 15 is 0 Å². The topological polar surface area (TPSA) is 63.0 Å². The molecule has 0 radical (unpaired) electrons. The summed E-state index contributed by atoms with van der Waals surface area (Å²) in [5.74, 6) is 0.658. The summed E-state index contributed by atoms with van der Waals surface area (Å²) in [6.45, 7) is 3.77. The van der Waals surface area contributed by atoms with Crippen LogP contribution in [0.4, 0.5) is 6.01 Å². The van der Waals surface area contributed by atoms with Gasteiger partial charge in [-0.1, -0.05) is 12.0 Å². The average Bonchev–Trinajstić information content (AvgIpc) is 2.60. The molecule has 2 N–H and O–H groups in total. The van der Waals surface area contributed by atoms with Gasteiger partial charge in [-0.15, -0.1) is 5.10 Å². The Bertz CT molecular complexity index is 295. The summed E-state index contributed by atoms with van der Waals surface area (Å²) in [6, 6.07) is 1.11. The zero-order valence-electron chi connectivity index (χ0n) is 9.12. The molecule has 1 aromatic heterocycles. The first-order valence-electron chi connectivity index (χ1n) is 5.68. The highest BCUT2D eigenvalue weighted by Gasteiger charge is 2.19. The van der Waals surface area contributed by atoms with Gasteiger partial charge in [-0.2, -0.15) is 0 Å². The lowest BCUT2D eigenvalue weighted by molar-refractivity contribution is 0.419. The minimum Gasteiger partial charge on any atom is -0.407 e. The molecule has 0 aromatic carbocycles. The van der Waals surface area contributed by atoms with Gasteiger partial charge >= 0.3 is 6.01 Å². The summed E-state index contributed by atoms with van der Waals surface area (Å²) >= 11 is 0. The molecule has 0 saturated heterocycles. The Kier molecular flexibility index (Phi) is 3.55. The Labute approximate surface area is 89.6 Å². The van der Waals surface area contributed by atoms with Gasteiger partial charge in [0.15, 0.2) is 0 Å². The fourth-order valence-electron chi connectivity index (χ4n) is 1.48. The Hall–Kier alpha value is -1.10. The second-order valence-electron chi connectivity index (χ2n) is 3.95. The number of hydrogen-bond donors (Lipinski definition) is 2. The second kappa shape index (κ2) is 5.11. The number of hydrogen-bond acceptors (Lipinski definition) is 5. The third-order valence-corrected chi connectivity index (χ3v) is 2.60. The first kappa shape index (κ1) is 10.4. The molecule has 2 rings (SSSR count). The van der Waals surface area contributed by atoms with E-state index in [1.165, 1.54) is 19.3 Å². The van der Waals surface area contributed by atoms with Crippen LogP contribution >= 0.6 is 0 Å². The minimum atomic E-state index is 0.543. The number of anilines is 1. The molecule has 1 aliphatic carbocycles. The molecule has 1 aliphatic rings. The molecule has 0 unspecified atom stereocenters. The van der Waals surface area contributed by atoms with Crippen molar-refractivity contribution in [2.24, 2.45) is 0 Å². The molecule has 0 atom stereocenters. The summed E-state index contributed by atoms with van der Waals surface area (Å²) in [5, 5.41) is 14.3. The lowest BCUT2D eigenvalue weighted by Crippen LogP contribution is -2.27. The van der Waals surface area contributed by atoms with Crippen LogP contribution in [0.15, 0.2) is 4.42 Å². The van der Waals surface area contributed by atoms with Crippen LogP contribution in [0.25, 0.3) is 0 Å². The van der Waals surface area contributed by atoms with E-state index in [4.69, 9.17) is 4.42 Å². The monoisotopic (exact) mass is 210 g/mol. The third kappa shape index (κ3) is 2.92. The maximum absolute atomic E-state index is 5.44. The van der Waals surface area contributed by atoms with Crippen LogP contribution in [-0.4, -0.2) is 22.8 Å². The molecular weight excluding hydrogens is 192 g/mol. The lowest BCUT2D eigenvalue weighted by Gasteiger charge is -2.24. The standard InChI is InChI=1S/C10H18N4O/c1-2-6-11-7-9-13-14-10(15-9)12-8-4-3-5-8/h8,11H,2-7H2,1H3,(H,12,14). The smallest absolute Gasteiger partial charge is 0.315 e. The van der Waals surface area contributed by atoms with E-state index in [1.807, 2.05) is 0 Å². The van der Waals surface area contributed by atoms with E-state index in [9.17, 15) is 0 Å². The summed E-state index contributed by atoms with van der Waals surface area (Å²) in [6.07, 6.45) is 4.84. The van der Waals surface area contributed by atoms with Crippen molar-refractivity contribution < 1.29 is 4.42 Å². The molecule has 1 saturated carbocycles. The van der Waals surface area contributed by atoms with Crippen LogP contribution in [0.2, 0.25) is 0 Å². The molecule has 15 heavy (non-hydrogen) atoms. The molecule has 0 bridgehead atoms. The first-order chi connectivity index (χ1) is 7.38. The van der Waals surface area contributed by atoms with Gasteiger partial charge < -0.3 is 15.1 Å². The Morgan fingerprint density at radius 2 is 2.27 bits per heavy atom. The first-order valence-corrected chi connectivity index (χ1v) is 5.68. The van der Waals surface area contributed by atoms with Crippen molar-refractivity contribution in [1.82, 2.24) is 15.5 Å². The zero-order valence-corrected chi connectivity index (χ0v) is 9.12. The highest BCUT2D eigenvalue weighted by Crippen LogP contribution is 2.22. The maximum atomic E-state index is 5.44. The quantitative estimate of drug-likeness (QED) is 0.697. The van der Waals surface area contributed by atoms with Gasteiger partial charge in [0.1, 0.15) is 0 Å². The molecule has 0 amide bonds. The van der Waals surface area contributed by atoms with Crippen LogP contribution in [-0.2, 0) is 6.54 Å². The fourth-order valence-corrected chi connectivity index (χ4v) is 1.48. The van der Waals surface area contributed by atoms with E-state index < -0.39 is 0 Å². The highest BCUT2D eigenvalue weighted by molar-refractivity contribution is 5.20. The SMILES string of the molecule is CCCNCc1nnc(NC2CCC2)o1. The number of aromatic nitrogens is 2. The van der Waals surface area contributed by atoms with Crippen molar-refractivity contribution in [1.29, 1.82) is 0 Å². The Morgan fingerprint density at radius 1 is 1.40 bits per heavy atom. The molecule has 5 nitrogen and oxygen atoms in total. The van der Waals surface area contributed by atoms with Crippen LogP contribution in [0, 0.1) is 0 Å². The molecule has 5 heteroatoms. The summed E-state index contributed by atoms with van der Waals surface area (Å²) < 4.78 is 5.44. The van der Waals surface area contributed by atoms with E-state index in [0.29, 0.717) is 24.5 Å². The summed E-state index contributed by atoms with van der Waals surface area (Å²) in [5.41, 5.74) is 0. The van der Waals surface area contributed by atoms with Crippen molar-refractivity contribution in [3.8, 4) is 0 Å². The number of nitrogens with zero attached hydrogens (tertiary/aromatic N) is 2. The van der Waals surface area contributed by atoms with E-state index in [1.54, 1.807) is 0 Å². The van der Waals surface area contributed by atoms with Crippen LogP contribution in [0.3, 0.4) is 0 Å². The summed E-state index contributed by atoms with van der Waals surface area (Å²) in [7, 11) is 0. The molecule has 0 spiro atoms. The van der Waals surface area contributed by atoms with Crippen molar-refractivity contribution in [3.63, 3.8) is 0 Å². The molecule has 0 aliphatic heterocycles. The van der Waals surface area contributed by atoms with Gasteiger partial charge in [0.05, 0.1) is 6.54 Å². The van der Waals surface area contributed by atoms with Gasteiger partial charge in [-0.3, -0.25) is 0 Å². The van der Waals surface area contributed by atoms with Crippen molar-refractivity contribution in [3.05, 3.63) is 5.89 Å². The summed E-state index contributed by atoms with van der Waals surface area (Å²) in [4.78, 5) is 0. The molecule has 1 heterocycles. The van der Waals surface area contributed by atoms with Crippen molar-refractivity contribution >= 4 is 6.01 Å². The van der Waals surface area contributed by atoms with Gasteiger partial charge in [-0.25, -0.2) is 0 Å². The Morgan fingerprint density at radius 3 is 2.93 bits per heavy atom. The lowest BCUT2D eigenvalue weighted by atomic mass is 9.93. The van der Waals surface area contributed by atoms with E-state index in [0.717, 1.165) is 13.0 Å². The minimum absolute atomic E-state index is 0.543. The molecular formula is C10H18N4O. The molecule has 1 aromatic rings. The van der Waals surface area contributed by atoms with Crippen LogP contribution in [0.5, 0.6) is 0 Å². The van der Waals surface area contributed by atoms with E-state index in [2.05, 4.69) is 27.8 Å². The number of nitrogens with one attached hydrogen (secondary N) is 2. The van der Waals surface area contributed by atoms with Gasteiger partial charge in [-0.05, 0) is 32.2 Å².